The fraction of sp³-hybridized carbons (Fsp3) is 0.458. The summed E-state index contributed by atoms with van der Waals surface area (Å²) < 4.78 is 38.6. The SMILES string of the molecule is CC(C)OC(=O)C(C)(C)NP(=O)(OCC1CCC(c2ccc3c(N)ncnn23)O1)Oc1ccccc1. The molecule has 0 aliphatic carbocycles. The number of benzene rings is 1. The van der Waals surface area contributed by atoms with Crippen LogP contribution in [-0.2, 0) is 23.4 Å². The molecule has 0 amide bonds. The van der Waals surface area contributed by atoms with Crippen LogP contribution in [0.15, 0.2) is 48.8 Å². The Bertz CT molecular complexity index is 1250. The maximum Gasteiger partial charge on any atom is 0.459 e. The van der Waals surface area contributed by atoms with E-state index < -0.39 is 19.3 Å². The summed E-state index contributed by atoms with van der Waals surface area (Å²) in [4.78, 5) is 16.6. The van der Waals surface area contributed by atoms with Crippen molar-refractivity contribution in [3.63, 3.8) is 0 Å². The number of aromatic nitrogens is 3. The molecule has 2 aromatic heterocycles. The summed E-state index contributed by atoms with van der Waals surface area (Å²) in [6.45, 7) is 6.61. The molecular weight excluding hydrogens is 485 g/mol. The molecule has 1 saturated heterocycles. The smallest absolute Gasteiger partial charge is 0.459 e. The molecule has 0 spiro atoms. The zero-order valence-corrected chi connectivity index (χ0v) is 21.7. The van der Waals surface area contributed by atoms with E-state index in [-0.39, 0.29) is 24.9 Å². The first-order valence-corrected chi connectivity index (χ1v) is 13.3. The Labute approximate surface area is 209 Å². The number of carbonyl (C=O) groups excluding carboxylic acids is 1. The molecule has 3 heterocycles. The normalized spacial score (nSPS) is 19.9. The van der Waals surface area contributed by atoms with E-state index in [1.165, 1.54) is 6.33 Å². The van der Waals surface area contributed by atoms with E-state index >= 15 is 0 Å². The van der Waals surface area contributed by atoms with Gasteiger partial charge < -0.3 is 19.7 Å². The predicted octanol–water partition coefficient (Wildman–Crippen LogP) is 4.06. The summed E-state index contributed by atoms with van der Waals surface area (Å²) in [5.74, 6) is 0.151. The molecule has 11 nitrogen and oxygen atoms in total. The van der Waals surface area contributed by atoms with Gasteiger partial charge in [0.2, 0.25) is 0 Å². The largest absolute Gasteiger partial charge is 0.462 e. The van der Waals surface area contributed by atoms with Crippen LogP contribution in [0.2, 0.25) is 0 Å². The first-order chi connectivity index (χ1) is 17.1. The van der Waals surface area contributed by atoms with Gasteiger partial charge in [-0.3, -0.25) is 9.32 Å². The van der Waals surface area contributed by atoms with Crippen molar-refractivity contribution in [3.8, 4) is 5.75 Å². The van der Waals surface area contributed by atoms with Gasteiger partial charge >= 0.3 is 13.7 Å². The van der Waals surface area contributed by atoms with Crippen LogP contribution in [-0.4, -0.2) is 44.9 Å². The zero-order valence-electron chi connectivity index (χ0n) is 20.8. The number of para-hydroxylation sites is 1. The maximum atomic E-state index is 13.8. The molecule has 3 atom stereocenters. The predicted molar refractivity (Wildman–Crippen MR) is 133 cm³/mol. The minimum Gasteiger partial charge on any atom is -0.462 e. The lowest BCUT2D eigenvalue weighted by molar-refractivity contribution is -0.153. The average Bonchev–Trinajstić information content (AvgIpc) is 3.45. The highest BCUT2D eigenvalue weighted by Gasteiger charge is 2.41. The van der Waals surface area contributed by atoms with Crippen LogP contribution in [0.1, 0.15) is 52.3 Å². The van der Waals surface area contributed by atoms with Crippen LogP contribution in [0.25, 0.3) is 5.52 Å². The van der Waals surface area contributed by atoms with E-state index in [1.807, 2.05) is 18.2 Å². The molecule has 36 heavy (non-hydrogen) atoms. The van der Waals surface area contributed by atoms with Crippen molar-refractivity contribution in [2.24, 2.45) is 0 Å². The van der Waals surface area contributed by atoms with E-state index in [4.69, 9.17) is 24.3 Å². The number of esters is 1. The van der Waals surface area contributed by atoms with E-state index in [1.54, 1.807) is 56.5 Å². The Morgan fingerprint density at radius 2 is 2.00 bits per heavy atom. The van der Waals surface area contributed by atoms with Crippen molar-refractivity contribution in [2.75, 3.05) is 12.3 Å². The lowest BCUT2D eigenvalue weighted by Gasteiger charge is -2.30. The van der Waals surface area contributed by atoms with Crippen LogP contribution in [0, 0.1) is 0 Å². The molecular formula is C24H32N5O6P. The minimum atomic E-state index is -4.01. The van der Waals surface area contributed by atoms with E-state index in [9.17, 15) is 9.36 Å². The van der Waals surface area contributed by atoms with Crippen LogP contribution in [0.3, 0.4) is 0 Å². The number of ether oxygens (including phenoxy) is 2. The summed E-state index contributed by atoms with van der Waals surface area (Å²) in [5, 5.41) is 7.04. The molecule has 1 aromatic carbocycles. The summed E-state index contributed by atoms with van der Waals surface area (Å²) in [6.07, 6.45) is 1.87. The van der Waals surface area contributed by atoms with Crippen LogP contribution < -0.4 is 15.3 Å². The second-order valence-corrected chi connectivity index (χ2v) is 11.1. The quantitative estimate of drug-likeness (QED) is 0.299. The number of hydrogen-bond acceptors (Lipinski definition) is 9. The number of anilines is 1. The lowest BCUT2D eigenvalue weighted by Crippen LogP contribution is -2.47. The van der Waals surface area contributed by atoms with Crippen LogP contribution in [0.4, 0.5) is 5.82 Å². The van der Waals surface area contributed by atoms with Crippen LogP contribution >= 0.6 is 7.75 Å². The number of carbonyl (C=O) groups is 1. The van der Waals surface area contributed by atoms with Crippen molar-refractivity contribution in [1.82, 2.24) is 19.7 Å². The Kier molecular flexibility index (Phi) is 7.65. The molecule has 3 aromatic rings. The molecule has 0 saturated carbocycles. The Hall–Kier alpha value is -2.98. The molecule has 1 aliphatic rings. The molecule has 4 rings (SSSR count). The maximum absolute atomic E-state index is 13.8. The monoisotopic (exact) mass is 517 g/mol. The Morgan fingerprint density at radius 3 is 2.72 bits per heavy atom. The van der Waals surface area contributed by atoms with Gasteiger partial charge in [-0.05, 0) is 64.8 Å². The second-order valence-electron chi connectivity index (χ2n) is 9.41. The third-order valence-electron chi connectivity index (χ3n) is 5.62. The molecule has 12 heteroatoms. The number of nitrogens with two attached hydrogens (primary N) is 1. The summed E-state index contributed by atoms with van der Waals surface area (Å²) in [7, 11) is -4.01. The fourth-order valence-electron chi connectivity index (χ4n) is 3.89. The topological polar surface area (TPSA) is 139 Å². The van der Waals surface area contributed by atoms with Gasteiger partial charge in [0.15, 0.2) is 5.82 Å². The number of nitrogens with zero attached hydrogens (tertiary/aromatic N) is 3. The number of nitrogen functional groups attached to an aromatic ring is 1. The Morgan fingerprint density at radius 1 is 1.25 bits per heavy atom. The summed E-state index contributed by atoms with van der Waals surface area (Å²) in [6, 6.07) is 12.4. The molecule has 3 N–H and O–H groups in total. The van der Waals surface area contributed by atoms with Gasteiger partial charge in [0.25, 0.3) is 0 Å². The third kappa shape index (κ3) is 6.04. The third-order valence-corrected chi connectivity index (χ3v) is 7.39. The van der Waals surface area contributed by atoms with Crippen molar-refractivity contribution >= 4 is 25.1 Å². The zero-order chi connectivity index (χ0) is 25.9. The highest BCUT2D eigenvalue weighted by atomic mass is 31.2. The highest BCUT2D eigenvalue weighted by molar-refractivity contribution is 7.52. The first kappa shape index (κ1) is 26.1. The standard InChI is InChI=1S/C24H32N5O6P/c1-16(2)33-23(30)24(3,4)28-36(31,35-17-8-6-5-7-9-17)32-14-18-10-13-21(34-18)19-11-12-20-22(25)26-15-27-29(19)20/h5-9,11-12,15-16,18,21H,10,13-14H2,1-4H3,(H,28,31)(H2,25,26,27). The number of hydrogen-bond donors (Lipinski definition) is 2. The summed E-state index contributed by atoms with van der Waals surface area (Å²) >= 11 is 0. The molecule has 0 radical (unpaired) electrons. The molecule has 1 aliphatic heterocycles. The van der Waals surface area contributed by atoms with Gasteiger partial charge in [-0.25, -0.2) is 14.1 Å². The van der Waals surface area contributed by atoms with Crippen molar-refractivity contribution in [2.45, 2.75) is 64.4 Å². The summed E-state index contributed by atoms with van der Waals surface area (Å²) in [5.41, 5.74) is 6.15. The van der Waals surface area contributed by atoms with E-state index in [0.717, 1.165) is 5.69 Å². The van der Waals surface area contributed by atoms with Gasteiger partial charge in [0, 0.05) is 0 Å². The molecule has 0 bridgehead atoms. The number of rotatable bonds is 10. The van der Waals surface area contributed by atoms with Gasteiger partial charge in [-0.15, -0.1) is 0 Å². The number of nitrogens with one attached hydrogen (secondary N) is 1. The van der Waals surface area contributed by atoms with Gasteiger partial charge in [-0.2, -0.15) is 10.2 Å². The second kappa shape index (κ2) is 10.6. The highest BCUT2D eigenvalue weighted by Crippen LogP contribution is 2.47. The van der Waals surface area contributed by atoms with E-state index in [2.05, 4.69) is 15.2 Å². The van der Waals surface area contributed by atoms with E-state index in [0.29, 0.717) is 29.9 Å². The average molecular weight is 518 g/mol. The minimum absolute atomic E-state index is 0.0106. The van der Waals surface area contributed by atoms with Gasteiger partial charge in [-0.1, -0.05) is 18.2 Å². The van der Waals surface area contributed by atoms with Crippen LogP contribution in [0.5, 0.6) is 5.75 Å². The van der Waals surface area contributed by atoms with Gasteiger partial charge in [0.05, 0.1) is 24.5 Å². The fourth-order valence-corrected chi connectivity index (χ4v) is 5.60. The first-order valence-electron chi connectivity index (χ1n) is 11.8. The van der Waals surface area contributed by atoms with Crippen molar-refractivity contribution in [3.05, 3.63) is 54.5 Å². The molecule has 1 fully saturated rings. The molecule has 194 valence electrons. The van der Waals surface area contributed by atoms with Crippen molar-refractivity contribution < 1.29 is 27.9 Å². The molecule has 3 unspecified atom stereocenters. The number of fused-ring (bicyclic) bond motifs is 1. The lowest BCUT2D eigenvalue weighted by atomic mass is 10.1. The van der Waals surface area contributed by atoms with Crippen molar-refractivity contribution in [1.29, 1.82) is 0 Å². The van der Waals surface area contributed by atoms with Gasteiger partial charge in [0.1, 0.15) is 29.2 Å². The Balaban J connectivity index is 1.46.